The predicted octanol–water partition coefficient (Wildman–Crippen LogP) is 2.36. The maximum Gasteiger partial charge on any atom is 0.152 e. The van der Waals surface area contributed by atoms with E-state index in [-0.39, 0.29) is 11.2 Å². The Morgan fingerprint density at radius 1 is 1.53 bits per heavy atom. The van der Waals surface area contributed by atoms with Gasteiger partial charge in [0.2, 0.25) is 0 Å². The number of hydrogen-bond acceptors (Lipinski definition) is 3. The van der Waals surface area contributed by atoms with Crippen LogP contribution < -0.4 is 5.48 Å². The number of hydroxylamine groups is 1. The van der Waals surface area contributed by atoms with Crippen LogP contribution >= 0.6 is 0 Å². The van der Waals surface area contributed by atoms with E-state index in [1.54, 1.807) is 6.08 Å². The fraction of sp³-hybridized carbons (Fsp3) is 0.583. The zero-order valence-electron chi connectivity index (χ0n) is 10.0. The highest BCUT2D eigenvalue weighted by Gasteiger charge is 2.31. The van der Waals surface area contributed by atoms with E-state index in [0.717, 1.165) is 5.70 Å². The maximum atomic E-state index is 10.8. The number of allylic oxidation sites excluding steroid dienone is 2. The lowest BCUT2D eigenvalue weighted by Crippen LogP contribution is -2.24. The van der Waals surface area contributed by atoms with Crippen molar-refractivity contribution >= 4 is 5.78 Å². The molecule has 0 spiro atoms. The number of carbonyl (C=O) groups is 1. The average Bonchev–Trinajstić information content (AvgIpc) is 2.45. The van der Waals surface area contributed by atoms with Gasteiger partial charge in [0.05, 0.1) is 0 Å². The Morgan fingerprint density at radius 3 is 2.53 bits per heavy atom. The van der Waals surface area contributed by atoms with Crippen LogP contribution in [0.25, 0.3) is 0 Å². The second-order valence-electron chi connectivity index (χ2n) is 5.14. The van der Waals surface area contributed by atoms with Crippen LogP contribution in [-0.2, 0) is 9.63 Å². The van der Waals surface area contributed by atoms with Crippen LogP contribution in [0.3, 0.4) is 0 Å². The molecule has 0 aliphatic carbocycles. The summed E-state index contributed by atoms with van der Waals surface area (Å²) in [6.07, 6.45) is 5.30. The van der Waals surface area contributed by atoms with Crippen LogP contribution in [0.15, 0.2) is 23.9 Å². The number of nitrogens with one attached hydrogen (secondary N) is 1. The fourth-order valence-corrected chi connectivity index (χ4v) is 1.25. The third-order valence-electron chi connectivity index (χ3n) is 2.27. The topological polar surface area (TPSA) is 38.3 Å². The molecule has 15 heavy (non-hydrogen) atoms. The molecule has 3 heteroatoms. The van der Waals surface area contributed by atoms with Gasteiger partial charge >= 0.3 is 0 Å². The normalized spacial score (nSPS) is 26.6. The number of ketones is 1. The van der Waals surface area contributed by atoms with Crippen LogP contribution in [0.4, 0.5) is 0 Å². The predicted molar refractivity (Wildman–Crippen MR) is 60.0 cm³/mol. The molecule has 0 aromatic carbocycles. The van der Waals surface area contributed by atoms with Gasteiger partial charge in [-0.1, -0.05) is 20.8 Å². The third-order valence-corrected chi connectivity index (χ3v) is 2.27. The molecule has 1 N–H and O–H groups in total. The first-order valence-corrected chi connectivity index (χ1v) is 5.10. The zero-order chi connectivity index (χ0) is 11.7. The number of carbonyl (C=O) groups excluding carboxylic acids is 1. The summed E-state index contributed by atoms with van der Waals surface area (Å²) >= 11 is 0. The van der Waals surface area contributed by atoms with E-state index < -0.39 is 5.60 Å². The van der Waals surface area contributed by atoms with E-state index in [4.69, 9.17) is 4.84 Å². The van der Waals surface area contributed by atoms with Crippen molar-refractivity contribution in [3.05, 3.63) is 23.9 Å². The second-order valence-corrected chi connectivity index (χ2v) is 5.14. The highest BCUT2D eigenvalue weighted by molar-refractivity contribution is 5.87. The van der Waals surface area contributed by atoms with E-state index in [1.807, 2.05) is 13.0 Å². The van der Waals surface area contributed by atoms with Gasteiger partial charge in [-0.15, -0.1) is 0 Å². The van der Waals surface area contributed by atoms with Crippen LogP contribution in [0, 0.1) is 5.41 Å². The molecule has 1 heterocycles. The lowest BCUT2D eigenvalue weighted by atomic mass is 9.90. The van der Waals surface area contributed by atoms with Gasteiger partial charge in [-0.25, -0.2) is 0 Å². The van der Waals surface area contributed by atoms with Crippen molar-refractivity contribution in [3.8, 4) is 0 Å². The van der Waals surface area contributed by atoms with Crippen molar-refractivity contribution in [1.82, 2.24) is 5.48 Å². The zero-order valence-corrected chi connectivity index (χ0v) is 10.0. The molecule has 0 fully saturated rings. The van der Waals surface area contributed by atoms with Gasteiger partial charge in [-0.3, -0.25) is 15.1 Å². The van der Waals surface area contributed by atoms with Crippen molar-refractivity contribution in [2.75, 3.05) is 0 Å². The summed E-state index contributed by atoms with van der Waals surface area (Å²) in [5.74, 6) is 0.0254. The first-order valence-electron chi connectivity index (χ1n) is 5.10. The largest absolute Gasteiger partial charge is 0.295 e. The summed E-state index contributed by atoms with van der Waals surface area (Å²) in [5.41, 5.74) is 3.46. The first-order chi connectivity index (χ1) is 6.73. The molecule has 0 bridgehead atoms. The van der Waals surface area contributed by atoms with Gasteiger partial charge in [0.1, 0.15) is 5.60 Å². The summed E-state index contributed by atoms with van der Waals surface area (Å²) < 4.78 is 0. The smallest absolute Gasteiger partial charge is 0.152 e. The Bertz CT molecular complexity index is 323. The molecule has 0 amide bonds. The van der Waals surface area contributed by atoms with Gasteiger partial charge in [0.25, 0.3) is 0 Å². The van der Waals surface area contributed by atoms with Crippen LogP contribution in [-0.4, -0.2) is 11.4 Å². The van der Waals surface area contributed by atoms with Gasteiger partial charge in [0.15, 0.2) is 5.78 Å². The summed E-state index contributed by atoms with van der Waals surface area (Å²) in [4.78, 5) is 16.3. The SMILES string of the molecule is CC(=O)C=CC1(C)C=C(C(C)(C)C)NO1. The molecular formula is C12H19NO2. The fourth-order valence-electron chi connectivity index (χ4n) is 1.25. The summed E-state index contributed by atoms with van der Waals surface area (Å²) in [6.45, 7) is 9.76. The lowest BCUT2D eigenvalue weighted by Gasteiger charge is -2.19. The van der Waals surface area contributed by atoms with Crippen LogP contribution in [0.5, 0.6) is 0 Å². The minimum Gasteiger partial charge on any atom is -0.295 e. The maximum absolute atomic E-state index is 10.8. The Kier molecular flexibility index (Phi) is 3.05. The number of rotatable bonds is 2. The van der Waals surface area contributed by atoms with Crippen molar-refractivity contribution < 1.29 is 9.63 Å². The van der Waals surface area contributed by atoms with Crippen molar-refractivity contribution in [1.29, 1.82) is 0 Å². The van der Waals surface area contributed by atoms with E-state index in [2.05, 4.69) is 26.3 Å². The standard InChI is InChI=1S/C12H19NO2/c1-9(14)6-7-12(5)8-10(13-15-12)11(2,3)4/h6-8,13H,1-5H3. The molecule has 1 atom stereocenters. The molecular weight excluding hydrogens is 190 g/mol. The van der Waals surface area contributed by atoms with Gasteiger partial charge in [0, 0.05) is 11.1 Å². The Labute approximate surface area is 91.1 Å². The van der Waals surface area contributed by atoms with E-state index in [0.29, 0.717) is 0 Å². The molecule has 1 rings (SSSR count). The van der Waals surface area contributed by atoms with E-state index in [1.165, 1.54) is 13.0 Å². The molecule has 1 aliphatic rings. The average molecular weight is 209 g/mol. The van der Waals surface area contributed by atoms with Crippen LogP contribution in [0.2, 0.25) is 0 Å². The molecule has 1 unspecified atom stereocenters. The van der Waals surface area contributed by atoms with Gasteiger partial charge in [-0.05, 0) is 32.1 Å². The molecule has 1 aliphatic heterocycles. The second kappa shape index (κ2) is 3.81. The van der Waals surface area contributed by atoms with Gasteiger partial charge in [-0.2, -0.15) is 0 Å². The van der Waals surface area contributed by atoms with E-state index >= 15 is 0 Å². The Balaban J connectivity index is 2.83. The molecule has 0 saturated heterocycles. The lowest BCUT2D eigenvalue weighted by molar-refractivity contribution is -0.112. The highest BCUT2D eigenvalue weighted by Crippen LogP contribution is 2.31. The molecule has 84 valence electrons. The molecule has 0 aromatic rings. The van der Waals surface area contributed by atoms with Crippen molar-refractivity contribution in [3.63, 3.8) is 0 Å². The minimum absolute atomic E-state index is 0.0254. The summed E-state index contributed by atoms with van der Waals surface area (Å²) in [5, 5.41) is 0. The Hall–Kier alpha value is -1.09. The quantitative estimate of drug-likeness (QED) is 0.709. The Morgan fingerprint density at radius 2 is 2.13 bits per heavy atom. The van der Waals surface area contributed by atoms with Crippen LogP contribution in [0.1, 0.15) is 34.6 Å². The van der Waals surface area contributed by atoms with Crippen molar-refractivity contribution in [2.45, 2.75) is 40.2 Å². The van der Waals surface area contributed by atoms with Gasteiger partial charge < -0.3 is 0 Å². The molecule has 0 aromatic heterocycles. The highest BCUT2D eigenvalue weighted by atomic mass is 16.7. The molecule has 0 saturated carbocycles. The van der Waals surface area contributed by atoms with Crippen molar-refractivity contribution in [2.24, 2.45) is 5.41 Å². The monoisotopic (exact) mass is 209 g/mol. The first kappa shape index (κ1) is 12.0. The van der Waals surface area contributed by atoms with E-state index in [9.17, 15) is 4.79 Å². The molecule has 3 nitrogen and oxygen atoms in total. The summed E-state index contributed by atoms with van der Waals surface area (Å²) in [6, 6.07) is 0. The number of hydrogen-bond donors (Lipinski definition) is 1. The summed E-state index contributed by atoms with van der Waals surface area (Å²) in [7, 11) is 0. The third kappa shape index (κ3) is 3.20. The minimum atomic E-state index is -0.520. The molecule has 0 radical (unpaired) electrons.